The molecule has 0 aromatic rings. The predicted octanol–water partition coefficient (Wildman–Crippen LogP) is 2.13. The van der Waals surface area contributed by atoms with Crippen molar-refractivity contribution >= 4 is 0 Å². The van der Waals surface area contributed by atoms with Crippen LogP contribution in [0.4, 0.5) is 0 Å². The van der Waals surface area contributed by atoms with E-state index < -0.39 is 0 Å². The Morgan fingerprint density at radius 3 is 2.53 bits per heavy atom. The Labute approximate surface area is 93.7 Å². The predicted molar refractivity (Wildman–Crippen MR) is 62.7 cm³/mol. The molecular formula is C13H25NO. The molecule has 0 aliphatic heterocycles. The largest absolute Gasteiger partial charge is 0.395 e. The summed E-state index contributed by atoms with van der Waals surface area (Å²) < 4.78 is 0. The average molecular weight is 211 g/mol. The van der Waals surface area contributed by atoms with Crippen molar-refractivity contribution in [1.29, 1.82) is 0 Å². The summed E-state index contributed by atoms with van der Waals surface area (Å²) in [6.07, 6.45) is 5.91. The molecule has 2 fully saturated rings. The van der Waals surface area contributed by atoms with E-state index in [0.717, 1.165) is 24.3 Å². The highest BCUT2D eigenvalue weighted by Gasteiger charge is 2.39. The van der Waals surface area contributed by atoms with Gasteiger partial charge in [-0.3, -0.25) is 4.90 Å². The molecule has 0 aromatic carbocycles. The first kappa shape index (κ1) is 11.4. The van der Waals surface area contributed by atoms with E-state index in [4.69, 9.17) is 5.11 Å². The maximum absolute atomic E-state index is 9.05. The van der Waals surface area contributed by atoms with E-state index in [1.165, 1.54) is 32.2 Å². The van der Waals surface area contributed by atoms with Crippen molar-refractivity contribution < 1.29 is 5.11 Å². The van der Waals surface area contributed by atoms with Gasteiger partial charge in [0.2, 0.25) is 0 Å². The van der Waals surface area contributed by atoms with Crippen LogP contribution in [0.1, 0.15) is 39.5 Å². The molecule has 2 aliphatic carbocycles. The van der Waals surface area contributed by atoms with Crippen LogP contribution in [-0.4, -0.2) is 35.7 Å². The molecule has 2 rings (SSSR count). The van der Waals surface area contributed by atoms with Crippen molar-refractivity contribution in [3.05, 3.63) is 0 Å². The van der Waals surface area contributed by atoms with Crippen molar-refractivity contribution in [3.63, 3.8) is 0 Å². The molecule has 1 N–H and O–H groups in total. The highest BCUT2D eigenvalue weighted by molar-refractivity contribution is 4.91. The van der Waals surface area contributed by atoms with E-state index in [1.54, 1.807) is 0 Å². The van der Waals surface area contributed by atoms with Gasteiger partial charge in [-0.15, -0.1) is 0 Å². The maximum atomic E-state index is 9.05. The molecular weight excluding hydrogens is 186 g/mol. The lowest BCUT2D eigenvalue weighted by Crippen LogP contribution is -2.38. The summed E-state index contributed by atoms with van der Waals surface area (Å²) in [6, 6.07) is 0.580. The second-order valence-corrected chi connectivity index (χ2v) is 5.75. The summed E-state index contributed by atoms with van der Waals surface area (Å²) in [4.78, 5) is 2.45. The lowest BCUT2D eigenvalue weighted by molar-refractivity contribution is 0.127. The molecule has 2 heteroatoms. The van der Waals surface area contributed by atoms with Gasteiger partial charge in [-0.25, -0.2) is 0 Å². The summed E-state index contributed by atoms with van der Waals surface area (Å²) in [7, 11) is 0. The number of rotatable bonds is 5. The molecule has 3 atom stereocenters. The number of aliphatic hydroxyl groups excluding tert-OH is 1. The Hall–Kier alpha value is -0.0800. The van der Waals surface area contributed by atoms with E-state index in [2.05, 4.69) is 18.7 Å². The van der Waals surface area contributed by atoms with Crippen molar-refractivity contribution in [2.45, 2.75) is 45.6 Å². The van der Waals surface area contributed by atoms with Gasteiger partial charge in [0.25, 0.3) is 0 Å². The Morgan fingerprint density at radius 1 is 1.27 bits per heavy atom. The Bertz CT molecular complexity index is 205. The summed E-state index contributed by atoms with van der Waals surface area (Å²) in [5.41, 5.74) is 0. The average Bonchev–Trinajstić information content (AvgIpc) is 2.78. The molecule has 0 heterocycles. The summed E-state index contributed by atoms with van der Waals surface area (Å²) in [5.74, 6) is 2.98. The molecule has 2 nitrogen and oxygen atoms in total. The number of nitrogens with zero attached hydrogens (tertiary/aromatic N) is 1. The van der Waals surface area contributed by atoms with Crippen LogP contribution in [0.5, 0.6) is 0 Å². The van der Waals surface area contributed by atoms with Crippen molar-refractivity contribution in [2.24, 2.45) is 17.8 Å². The van der Waals surface area contributed by atoms with Crippen LogP contribution in [0.3, 0.4) is 0 Å². The van der Waals surface area contributed by atoms with Crippen LogP contribution in [-0.2, 0) is 0 Å². The van der Waals surface area contributed by atoms with Gasteiger partial charge >= 0.3 is 0 Å². The molecule has 0 amide bonds. The smallest absolute Gasteiger partial charge is 0.0558 e. The van der Waals surface area contributed by atoms with E-state index in [0.29, 0.717) is 12.6 Å². The summed E-state index contributed by atoms with van der Waals surface area (Å²) in [6.45, 7) is 6.86. The van der Waals surface area contributed by atoms with Crippen LogP contribution in [0, 0.1) is 17.8 Å². The molecule has 2 saturated carbocycles. The van der Waals surface area contributed by atoms with Crippen molar-refractivity contribution in [2.75, 3.05) is 19.7 Å². The minimum atomic E-state index is 0.305. The van der Waals surface area contributed by atoms with Crippen LogP contribution in [0.25, 0.3) is 0 Å². The maximum Gasteiger partial charge on any atom is 0.0558 e. The van der Waals surface area contributed by atoms with E-state index in [1.807, 2.05) is 0 Å². The Morgan fingerprint density at radius 2 is 2.07 bits per heavy atom. The lowest BCUT2D eigenvalue weighted by atomic mass is 9.88. The first-order chi connectivity index (χ1) is 7.20. The van der Waals surface area contributed by atoms with Crippen molar-refractivity contribution in [3.8, 4) is 0 Å². The van der Waals surface area contributed by atoms with Crippen LogP contribution >= 0.6 is 0 Å². The van der Waals surface area contributed by atoms with E-state index in [9.17, 15) is 0 Å². The van der Waals surface area contributed by atoms with Gasteiger partial charge in [0.1, 0.15) is 0 Å². The third kappa shape index (κ3) is 2.54. The Kier molecular flexibility index (Phi) is 3.68. The molecule has 15 heavy (non-hydrogen) atoms. The highest BCUT2D eigenvalue weighted by atomic mass is 16.3. The van der Waals surface area contributed by atoms with Crippen LogP contribution < -0.4 is 0 Å². The summed E-state index contributed by atoms with van der Waals surface area (Å²) in [5, 5.41) is 9.05. The zero-order chi connectivity index (χ0) is 10.8. The first-order valence-corrected chi connectivity index (χ1v) is 6.55. The normalized spacial score (nSPS) is 34.6. The number of fused-ring (bicyclic) bond motifs is 2. The third-order valence-corrected chi connectivity index (χ3v) is 4.47. The minimum absolute atomic E-state index is 0.305. The number of hydrogen-bond donors (Lipinski definition) is 1. The van der Waals surface area contributed by atoms with Gasteiger partial charge in [-0.1, -0.05) is 6.42 Å². The van der Waals surface area contributed by atoms with Gasteiger partial charge in [-0.2, -0.15) is 0 Å². The number of hydrogen-bond acceptors (Lipinski definition) is 2. The highest BCUT2D eigenvalue weighted by Crippen LogP contribution is 2.48. The summed E-state index contributed by atoms with van der Waals surface area (Å²) >= 11 is 0. The van der Waals surface area contributed by atoms with Crippen LogP contribution in [0.15, 0.2) is 0 Å². The van der Waals surface area contributed by atoms with Gasteiger partial charge < -0.3 is 5.11 Å². The molecule has 2 bridgehead atoms. The lowest BCUT2D eigenvalue weighted by Gasteiger charge is -2.32. The first-order valence-electron chi connectivity index (χ1n) is 6.55. The van der Waals surface area contributed by atoms with E-state index in [-0.39, 0.29) is 0 Å². The zero-order valence-electron chi connectivity index (χ0n) is 10.2. The fourth-order valence-electron chi connectivity index (χ4n) is 3.59. The molecule has 0 aromatic heterocycles. The minimum Gasteiger partial charge on any atom is -0.395 e. The van der Waals surface area contributed by atoms with Gasteiger partial charge in [0, 0.05) is 19.1 Å². The molecule has 0 radical (unpaired) electrons. The molecule has 0 spiro atoms. The zero-order valence-corrected chi connectivity index (χ0v) is 10.2. The monoisotopic (exact) mass is 211 g/mol. The van der Waals surface area contributed by atoms with Gasteiger partial charge in [0.15, 0.2) is 0 Å². The second-order valence-electron chi connectivity index (χ2n) is 5.75. The topological polar surface area (TPSA) is 23.5 Å². The quantitative estimate of drug-likeness (QED) is 0.753. The third-order valence-electron chi connectivity index (χ3n) is 4.47. The standard InChI is InChI=1S/C13H25NO/c1-10(2)14(5-6-15)9-13-8-11-3-4-12(13)7-11/h10-13,15H,3-9H2,1-2H3. The second kappa shape index (κ2) is 4.84. The van der Waals surface area contributed by atoms with Gasteiger partial charge in [-0.05, 0) is 50.9 Å². The Balaban J connectivity index is 1.84. The molecule has 3 unspecified atom stereocenters. The van der Waals surface area contributed by atoms with Gasteiger partial charge in [0.05, 0.1) is 6.61 Å². The fourth-order valence-corrected chi connectivity index (χ4v) is 3.59. The fraction of sp³-hybridized carbons (Fsp3) is 1.00. The SMILES string of the molecule is CC(C)N(CCO)CC1CC2CCC1C2. The van der Waals surface area contributed by atoms with Crippen LogP contribution in [0.2, 0.25) is 0 Å². The molecule has 2 aliphatic rings. The molecule has 0 saturated heterocycles. The van der Waals surface area contributed by atoms with Crippen molar-refractivity contribution in [1.82, 2.24) is 4.90 Å². The van der Waals surface area contributed by atoms with E-state index >= 15 is 0 Å². The number of aliphatic hydroxyl groups is 1. The molecule has 88 valence electrons.